The standard InChI is InChI=1S/C18H22FNO4S2/c1-18(2,3)14-4-8-16(9-5-14)25(21,22)13-12-20-26(23,24)17-10-6-15(19)7-11-17/h4-11,20H,12-13H2,1-3H3. The lowest BCUT2D eigenvalue weighted by molar-refractivity contribution is 0.579. The van der Waals surface area contributed by atoms with E-state index in [-0.39, 0.29) is 27.5 Å². The van der Waals surface area contributed by atoms with Gasteiger partial charge in [-0.1, -0.05) is 32.9 Å². The molecule has 0 heterocycles. The molecule has 2 rings (SSSR count). The Morgan fingerprint density at radius 2 is 1.35 bits per heavy atom. The topological polar surface area (TPSA) is 80.3 Å². The van der Waals surface area contributed by atoms with Gasteiger partial charge >= 0.3 is 0 Å². The first-order chi connectivity index (χ1) is 11.9. The quantitative estimate of drug-likeness (QED) is 0.810. The van der Waals surface area contributed by atoms with Crippen molar-refractivity contribution < 1.29 is 21.2 Å². The Morgan fingerprint density at radius 3 is 1.85 bits per heavy atom. The lowest BCUT2D eigenvalue weighted by atomic mass is 9.87. The normalized spacial score (nSPS) is 12.9. The average Bonchev–Trinajstić information content (AvgIpc) is 2.54. The first-order valence-corrected chi connectivity index (χ1v) is 11.1. The molecule has 0 bridgehead atoms. The van der Waals surface area contributed by atoms with E-state index in [1.54, 1.807) is 12.1 Å². The molecule has 2 aromatic rings. The minimum absolute atomic E-state index is 0.0902. The fraction of sp³-hybridized carbons (Fsp3) is 0.333. The van der Waals surface area contributed by atoms with Gasteiger partial charge in [-0.3, -0.25) is 0 Å². The molecule has 0 atom stereocenters. The monoisotopic (exact) mass is 399 g/mol. The Balaban J connectivity index is 2.05. The Labute approximate surface area is 154 Å². The van der Waals surface area contributed by atoms with Crippen LogP contribution in [-0.2, 0) is 25.3 Å². The molecule has 142 valence electrons. The summed E-state index contributed by atoms with van der Waals surface area (Å²) in [4.78, 5) is 0.0253. The third-order valence-electron chi connectivity index (χ3n) is 3.87. The van der Waals surface area contributed by atoms with Crippen molar-refractivity contribution in [2.24, 2.45) is 0 Å². The zero-order valence-electron chi connectivity index (χ0n) is 14.9. The summed E-state index contributed by atoms with van der Waals surface area (Å²) >= 11 is 0. The number of nitrogens with one attached hydrogen (secondary N) is 1. The zero-order valence-corrected chi connectivity index (χ0v) is 16.5. The van der Waals surface area contributed by atoms with Crippen molar-refractivity contribution in [1.29, 1.82) is 0 Å². The summed E-state index contributed by atoms with van der Waals surface area (Å²) in [7, 11) is -7.51. The van der Waals surface area contributed by atoms with E-state index in [1.165, 1.54) is 12.1 Å². The Kier molecular flexibility index (Phi) is 5.89. The van der Waals surface area contributed by atoms with Crippen LogP contribution >= 0.6 is 0 Å². The van der Waals surface area contributed by atoms with Crippen LogP contribution in [-0.4, -0.2) is 29.1 Å². The van der Waals surface area contributed by atoms with Gasteiger partial charge in [0.05, 0.1) is 15.5 Å². The molecule has 0 aliphatic heterocycles. The van der Waals surface area contributed by atoms with Crippen LogP contribution in [0.4, 0.5) is 4.39 Å². The van der Waals surface area contributed by atoms with Crippen molar-refractivity contribution in [3.05, 3.63) is 59.9 Å². The maximum absolute atomic E-state index is 12.9. The highest BCUT2D eigenvalue weighted by molar-refractivity contribution is 7.91. The van der Waals surface area contributed by atoms with E-state index in [0.29, 0.717) is 0 Å². The van der Waals surface area contributed by atoms with Crippen LogP contribution in [0.5, 0.6) is 0 Å². The van der Waals surface area contributed by atoms with Crippen molar-refractivity contribution in [1.82, 2.24) is 4.72 Å². The van der Waals surface area contributed by atoms with Crippen LogP contribution in [0.15, 0.2) is 58.3 Å². The number of hydrogen-bond acceptors (Lipinski definition) is 4. The summed E-state index contributed by atoms with van der Waals surface area (Å²) in [6.07, 6.45) is 0. The molecule has 2 aromatic carbocycles. The summed E-state index contributed by atoms with van der Waals surface area (Å²) in [5.41, 5.74) is 0.918. The third kappa shape index (κ3) is 5.12. The minimum Gasteiger partial charge on any atom is -0.224 e. The van der Waals surface area contributed by atoms with E-state index < -0.39 is 25.7 Å². The average molecular weight is 400 g/mol. The van der Waals surface area contributed by atoms with Crippen LogP contribution in [0.25, 0.3) is 0 Å². The summed E-state index contributed by atoms with van der Waals surface area (Å²) in [6.45, 7) is 5.81. The van der Waals surface area contributed by atoms with Crippen molar-refractivity contribution in [3.8, 4) is 0 Å². The molecule has 26 heavy (non-hydrogen) atoms. The lowest BCUT2D eigenvalue weighted by Gasteiger charge is -2.19. The van der Waals surface area contributed by atoms with Gasteiger partial charge in [-0.25, -0.2) is 25.9 Å². The smallest absolute Gasteiger partial charge is 0.224 e. The summed E-state index contributed by atoms with van der Waals surface area (Å²) in [5.74, 6) is -0.923. The van der Waals surface area contributed by atoms with Gasteiger partial charge in [0.1, 0.15) is 5.82 Å². The maximum Gasteiger partial charge on any atom is 0.240 e. The summed E-state index contributed by atoms with van der Waals surface area (Å²) < 4.78 is 64.0. The highest BCUT2D eigenvalue weighted by Gasteiger charge is 2.19. The van der Waals surface area contributed by atoms with Gasteiger partial charge in [0.2, 0.25) is 10.0 Å². The van der Waals surface area contributed by atoms with E-state index >= 15 is 0 Å². The molecule has 0 aromatic heterocycles. The van der Waals surface area contributed by atoms with E-state index in [0.717, 1.165) is 29.8 Å². The predicted octanol–water partition coefficient (Wildman–Crippen LogP) is 2.88. The van der Waals surface area contributed by atoms with Gasteiger partial charge in [-0.15, -0.1) is 0 Å². The molecule has 1 N–H and O–H groups in total. The highest BCUT2D eigenvalue weighted by Crippen LogP contribution is 2.23. The van der Waals surface area contributed by atoms with Crippen molar-refractivity contribution in [2.75, 3.05) is 12.3 Å². The number of rotatable bonds is 6. The molecule has 0 radical (unpaired) electrons. The van der Waals surface area contributed by atoms with E-state index in [2.05, 4.69) is 4.72 Å². The van der Waals surface area contributed by atoms with Crippen molar-refractivity contribution in [2.45, 2.75) is 36.0 Å². The SMILES string of the molecule is CC(C)(C)c1ccc(S(=O)(=O)CCNS(=O)(=O)c2ccc(F)cc2)cc1. The highest BCUT2D eigenvalue weighted by atomic mass is 32.2. The molecule has 0 aliphatic rings. The van der Waals surface area contributed by atoms with Crippen LogP contribution in [0.2, 0.25) is 0 Å². The van der Waals surface area contributed by atoms with E-state index in [9.17, 15) is 21.2 Å². The Bertz CT molecular complexity index is 959. The number of halogens is 1. The van der Waals surface area contributed by atoms with Gasteiger partial charge in [0.25, 0.3) is 0 Å². The number of hydrogen-bond donors (Lipinski definition) is 1. The molecule has 0 spiro atoms. The second-order valence-electron chi connectivity index (χ2n) is 6.94. The van der Waals surface area contributed by atoms with Gasteiger partial charge in [-0.05, 0) is 47.4 Å². The molecule has 0 fully saturated rings. The number of sulfone groups is 1. The molecule has 0 saturated heterocycles. The van der Waals surface area contributed by atoms with Gasteiger partial charge in [0, 0.05) is 6.54 Å². The molecular formula is C18H22FNO4S2. The van der Waals surface area contributed by atoms with Crippen LogP contribution in [0.1, 0.15) is 26.3 Å². The van der Waals surface area contributed by atoms with E-state index in [1.807, 2.05) is 20.8 Å². The second-order valence-corrected chi connectivity index (χ2v) is 10.8. The minimum atomic E-state index is -3.89. The Morgan fingerprint density at radius 1 is 0.846 bits per heavy atom. The molecule has 0 saturated carbocycles. The first-order valence-electron chi connectivity index (χ1n) is 8.00. The molecule has 8 heteroatoms. The number of sulfonamides is 1. The van der Waals surface area contributed by atoms with Crippen LogP contribution in [0.3, 0.4) is 0 Å². The number of benzene rings is 2. The molecular weight excluding hydrogens is 377 g/mol. The largest absolute Gasteiger partial charge is 0.240 e. The molecule has 0 unspecified atom stereocenters. The van der Waals surface area contributed by atoms with Gasteiger partial charge < -0.3 is 0 Å². The maximum atomic E-state index is 12.9. The Hall–Kier alpha value is -1.77. The van der Waals surface area contributed by atoms with Crippen LogP contribution in [0, 0.1) is 5.82 Å². The summed E-state index contributed by atoms with van der Waals surface area (Å²) in [6, 6.07) is 10.9. The molecule has 0 aliphatic carbocycles. The lowest BCUT2D eigenvalue weighted by Crippen LogP contribution is -2.29. The van der Waals surface area contributed by atoms with Crippen molar-refractivity contribution >= 4 is 19.9 Å². The predicted molar refractivity (Wildman–Crippen MR) is 98.8 cm³/mol. The zero-order chi connectivity index (χ0) is 19.6. The summed E-state index contributed by atoms with van der Waals surface area (Å²) in [5, 5.41) is 0. The molecule has 0 amide bonds. The fourth-order valence-electron chi connectivity index (χ4n) is 2.29. The van der Waals surface area contributed by atoms with E-state index in [4.69, 9.17) is 0 Å². The third-order valence-corrected chi connectivity index (χ3v) is 7.08. The second kappa shape index (κ2) is 7.46. The van der Waals surface area contributed by atoms with Gasteiger partial charge in [-0.2, -0.15) is 0 Å². The van der Waals surface area contributed by atoms with Crippen molar-refractivity contribution in [3.63, 3.8) is 0 Å². The van der Waals surface area contributed by atoms with Gasteiger partial charge in [0.15, 0.2) is 9.84 Å². The first kappa shape index (κ1) is 20.5. The fourth-order valence-corrected chi connectivity index (χ4v) is 4.61. The molecule has 5 nitrogen and oxygen atoms in total. The van der Waals surface area contributed by atoms with Crippen LogP contribution < -0.4 is 4.72 Å².